The van der Waals surface area contributed by atoms with Gasteiger partial charge in [0.1, 0.15) is 0 Å². The molecule has 29 heavy (non-hydrogen) atoms. The molecular formula is C23H22N2O3S. The quantitative estimate of drug-likeness (QED) is 0.612. The van der Waals surface area contributed by atoms with Gasteiger partial charge in [-0.25, -0.2) is 8.42 Å². The van der Waals surface area contributed by atoms with E-state index in [1.165, 1.54) is 12.1 Å². The van der Waals surface area contributed by atoms with Gasteiger partial charge in [0, 0.05) is 0 Å². The summed E-state index contributed by atoms with van der Waals surface area (Å²) in [5, 5.41) is 3.10. The van der Waals surface area contributed by atoms with Gasteiger partial charge in [0.05, 0.1) is 22.2 Å². The molecule has 3 aromatic rings. The van der Waals surface area contributed by atoms with Gasteiger partial charge in [-0.3, -0.25) is 9.52 Å². The van der Waals surface area contributed by atoms with Crippen LogP contribution in [0.2, 0.25) is 0 Å². The summed E-state index contributed by atoms with van der Waals surface area (Å²) in [5.41, 5.74) is 1.62. The predicted octanol–water partition coefficient (Wildman–Crippen LogP) is 4.37. The number of sulfonamides is 1. The van der Waals surface area contributed by atoms with Gasteiger partial charge in [0.2, 0.25) is 0 Å². The molecule has 0 bridgehead atoms. The van der Waals surface area contributed by atoms with Crippen molar-refractivity contribution in [1.29, 1.82) is 0 Å². The molecule has 1 aliphatic carbocycles. The molecule has 1 saturated carbocycles. The maximum Gasteiger partial charge on any atom is 0.261 e. The molecule has 3 aromatic carbocycles. The largest absolute Gasteiger partial charge is 0.345 e. The van der Waals surface area contributed by atoms with Gasteiger partial charge in [-0.2, -0.15) is 0 Å². The smallest absolute Gasteiger partial charge is 0.261 e. The Morgan fingerprint density at radius 1 is 0.828 bits per heavy atom. The lowest BCUT2D eigenvalue weighted by molar-refractivity contribution is 0.0932. The Bertz CT molecular complexity index is 1100. The fourth-order valence-electron chi connectivity index (χ4n) is 3.36. The van der Waals surface area contributed by atoms with Gasteiger partial charge in [-0.1, -0.05) is 60.7 Å². The van der Waals surface area contributed by atoms with Crippen molar-refractivity contribution in [3.63, 3.8) is 0 Å². The Kier molecular flexibility index (Phi) is 5.36. The number of rotatable bonds is 7. The van der Waals surface area contributed by atoms with Crippen LogP contribution in [0.4, 0.5) is 5.69 Å². The molecule has 0 heterocycles. The zero-order valence-electron chi connectivity index (χ0n) is 15.8. The highest BCUT2D eigenvalue weighted by Gasteiger charge is 2.34. The number of para-hydroxylation sites is 1. The molecule has 1 amide bonds. The highest BCUT2D eigenvalue weighted by molar-refractivity contribution is 7.92. The van der Waals surface area contributed by atoms with Crippen LogP contribution in [-0.4, -0.2) is 14.3 Å². The van der Waals surface area contributed by atoms with Gasteiger partial charge in [0.15, 0.2) is 0 Å². The van der Waals surface area contributed by atoms with Crippen LogP contribution >= 0.6 is 0 Å². The lowest BCUT2D eigenvalue weighted by atomic mass is 10.0. The molecule has 1 unspecified atom stereocenters. The van der Waals surface area contributed by atoms with E-state index in [1.807, 2.05) is 30.3 Å². The Balaban J connectivity index is 1.58. The minimum Gasteiger partial charge on any atom is -0.345 e. The molecule has 6 heteroatoms. The number of benzene rings is 3. The minimum absolute atomic E-state index is 0.0810. The van der Waals surface area contributed by atoms with Crippen molar-refractivity contribution in [2.75, 3.05) is 4.72 Å². The van der Waals surface area contributed by atoms with Crippen molar-refractivity contribution >= 4 is 21.6 Å². The van der Waals surface area contributed by atoms with Gasteiger partial charge in [-0.15, -0.1) is 0 Å². The third-order valence-electron chi connectivity index (χ3n) is 5.01. The molecule has 148 valence electrons. The maximum atomic E-state index is 13.1. The number of amides is 1. The van der Waals surface area contributed by atoms with Gasteiger partial charge in [-0.05, 0) is 48.6 Å². The lowest BCUT2D eigenvalue weighted by Crippen LogP contribution is -2.30. The molecule has 2 N–H and O–H groups in total. The summed E-state index contributed by atoms with van der Waals surface area (Å²) >= 11 is 0. The van der Waals surface area contributed by atoms with Crippen LogP contribution in [0.5, 0.6) is 0 Å². The molecule has 0 saturated heterocycles. The summed E-state index contributed by atoms with van der Waals surface area (Å²) in [6.45, 7) is 0. The Labute approximate surface area is 170 Å². The second kappa shape index (κ2) is 8.09. The lowest BCUT2D eigenvalue weighted by Gasteiger charge is -2.20. The van der Waals surface area contributed by atoms with Crippen LogP contribution < -0.4 is 10.0 Å². The zero-order valence-corrected chi connectivity index (χ0v) is 16.6. The summed E-state index contributed by atoms with van der Waals surface area (Å²) in [6, 6.07) is 24.6. The molecule has 1 aliphatic rings. The number of carbonyl (C=O) groups is 1. The second-order valence-corrected chi connectivity index (χ2v) is 8.85. The van der Waals surface area contributed by atoms with Crippen molar-refractivity contribution in [2.45, 2.75) is 23.8 Å². The molecule has 0 aliphatic heterocycles. The second-order valence-electron chi connectivity index (χ2n) is 7.16. The summed E-state index contributed by atoms with van der Waals surface area (Å²) in [4.78, 5) is 13.2. The van der Waals surface area contributed by atoms with E-state index >= 15 is 0 Å². The highest BCUT2D eigenvalue weighted by Crippen LogP contribution is 2.41. The van der Waals surface area contributed by atoms with Crippen molar-refractivity contribution in [1.82, 2.24) is 5.32 Å². The van der Waals surface area contributed by atoms with Gasteiger partial charge < -0.3 is 5.32 Å². The third kappa shape index (κ3) is 4.49. The van der Waals surface area contributed by atoms with Crippen LogP contribution in [0.15, 0.2) is 89.8 Å². The SMILES string of the molecule is O=C(NC(c1ccccc1)C1CC1)c1ccccc1NS(=O)(=O)c1ccccc1. The fraction of sp³-hybridized carbons (Fsp3) is 0.174. The van der Waals surface area contributed by atoms with E-state index in [4.69, 9.17) is 0 Å². The van der Waals surface area contributed by atoms with Crippen molar-refractivity contribution in [2.24, 2.45) is 5.92 Å². The monoisotopic (exact) mass is 406 g/mol. The Morgan fingerprint density at radius 3 is 2.07 bits per heavy atom. The van der Waals surface area contributed by atoms with Crippen LogP contribution in [0.3, 0.4) is 0 Å². The molecule has 1 fully saturated rings. The number of anilines is 1. The molecule has 5 nitrogen and oxygen atoms in total. The van der Waals surface area contributed by atoms with E-state index in [9.17, 15) is 13.2 Å². The molecule has 0 radical (unpaired) electrons. The minimum atomic E-state index is -3.78. The summed E-state index contributed by atoms with van der Waals surface area (Å²) in [7, 11) is -3.78. The molecule has 0 aromatic heterocycles. The van der Waals surface area contributed by atoms with E-state index < -0.39 is 10.0 Å². The number of carbonyl (C=O) groups excluding carboxylic acids is 1. The van der Waals surface area contributed by atoms with Crippen molar-refractivity contribution in [3.05, 3.63) is 96.1 Å². The number of nitrogens with one attached hydrogen (secondary N) is 2. The topological polar surface area (TPSA) is 75.3 Å². The van der Waals surface area contributed by atoms with Crippen molar-refractivity contribution < 1.29 is 13.2 Å². The van der Waals surface area contributed by atoms with E-state index in [1.54, 1.807) is 42.5 Å². The highest BCUT2D eigenvalue weighted by atomic mass is 32.2. The van der Waals surface area contributed by atoms with Gasteiger partial charge in [0.25, 0.3) is 15.9 Å². The van der Waals surface area contributed by atoms with E-state index in [0.29, 0.717) is 11.5 Å². The Hall–Kier alpha value is -3.12. The average molecular weight is 407 g/mol. The van der Waals surface area contributed by atoms with Crippen LogP contribution in [0.1, 0.15) is 34.8 Å². The average Bonchev–Trinajstić information content (AvgIpc) is 3.58. The fourth-order valence-corrected chi connectivity index (χ4v) is 4.46. The summed E-state index contributed by atoms with van der Waals surface area (Å²) < 4.78 is 27.9. The molecule has 4 rings (SSSR count). The Morgan fingerprint density at radius 2 is 1.41 bits per heavy atom. The van der Waals surface area contributed by atoms with Crippen LogP contribution in [0.25, 0.3) is 0 Å². The number of hydrogen-bond donors (Lipinski definition) is 2. The van der Waals surface area contributed by atoms with E-state index in [0.717, 1.165) is 18.4 Å². The zero-order chi connectivity index (χ0) is 20.3. The third-order valence-corrected chi connectivity index (χ3v) is 6.39. The molecule has 0 spiro atoms. The summed E-state index contributed by atoms with van der Waals surface area (Å²) in [6.07, 6.45) is 2.14. The first-order chi connectivity index (χ1) is 14.0. The van der Waals surface area contributed by atoms with E-state index in [2.05, 4.69) is 10.0 Å². The first kappa shape index (κ1) is 19.2. The molecule has 1 atom stereocenters. The standard InChI is InChI=1S/C23H22N2O3S/c26-23(24-22(18-15-16-18)17-9-3-1-4-10-17)20-13-7-8-14-21(20)25-29(27,28)19-11-5-2-6-12-19/h1-14,18,22,25H,15-16H2,(H,24,26). The first-order valence-corrected chi connectivity index (χ1v) is 11.1. The summed E-state index contributed by atoms with van der Waals surface area (Å²) in [5.74, 6) is 0.117. The maximum absolute atomic E-state index is 13.1. The first-order valence-electron chi connectivity index (χ1n) is 9.57. The normalized spacial score (nSPS) is 14.8. The predicted molar refractivity (Wildman–Crippen MR) is 113 cm³/mol. The molecular weight excluding hydrogens is 384 g/mol. The number of hydrogen-bond acceptors (Lipinski definition) is 3. The van der Waals surface area contributed by atoms with Crippen LogP contribution in [-0.2, 0) is 10.0 Å². The van der Waals surface area contributed by atoms with E-state index in [-0.39, 0.29) is 22.5 Å². The van der Waals surface area contributed by atoms with Crippen molar-refractivity contribution in [3.8, 4) is 0 Å². The van der Waals surface area contributed by atoms with Gasteiger partial charge >= 0.3 is 0 Å². The van der Waals surface area contributed by atoms with Crippen LogP contribution in [0, 0.1) is 5.92 Å².